The van der Waals surface area contributed by atoms with Gasteiger partial charge in [0.15, 0.2) is 24.1 Å². The Kier molecular flexibility index (Phi) is 5.19. The van der Waals surface area contributed by atoms with Gasteiger partial charge in [0.2, 0.25) is 6.29 Å². The van der Waals surface area contributed by atoms with Gasteiger partial charge >= 0.3 is 17.9 Å². The second kappa shape index (κ2) is 6.95. The molecule has 9 heteroatoms. The molecule has 1 unspecified atom stereocenters. The summed E-state index contributed by atoms with van der Waals surface area (Å²) in [4.78, 5) is 38.1. The first-order chi connectivity index (χ1) is 10.8. The van der Waals surface area contributed by atoms with E-state index in [2.05, 4.69) is 4.99 Å². The number of hydrogen-bond donors (Lipinski definition) is 0. The van der Waals surface area contributed by atoms with Crippen LogP contribution in [0.25, 0.3) is 0 Å². The minimum Gasteiger partial charge on any atom is -0.463 e. The molecule has 0 radical (unpaired) electrons. The van der Waals surface area contributed by atoms with E-state index < -0.39 is 48.6 Å². The molecular formula is C14H19NO8. The summed E-state index contributed by atoms with van der Waals surface area (Å²) < 4.78 is 26.5. The first-order valence-corrected chi connectivity index (χ1v) is 7.12. The number of fused-ring (bicyclic) bond motifs is 1. The topological polar surface area (TPSA) is 110 Å². The van der Waals surface area contributed by atoms with Crippen molar-refractivity contribution in [3.8, 4) is 0 Å². The van der Waals surface area contributed by atoms with Gasteiger partial charge in [-0.2, -0.15) is 0 Å². The third-order valence-corrected chi connectivity index (χ3v) is 3.29. The lowest BCUT2D eigenvalue weighted by atomic mass is 9.97. The predicted octanol–water partition coefficient (Wildman–Crippen LogP) is -0.0450. The van der Waals surface area contributed by atoms with Gasteiger partial charge in [-0.1, -0.05) is 0 Å². The zero-order chi connectivity index (χ0) is 17.1. The molecule has 5 atom stereocenters. The minimum absolute atomic E-state index is 0.170. The van der Waals surface area contributed by atoms with Gasteiger partial charge in [-0.25, -0.2) is 4.99 Å². The monoisotopic (exact) mass is 329 g/mol. The molecule has 2 aliphatic rings. The van der Waals surface area contributed by atoms with Crippen molar-refractivity contribution in [1.82, 2.24) is 0 Å². The first kappa shape index (κ1) is 17.2. The average Bonchev–Trinajstić information content (AvgIpc) is 2.78. The van der Waals surface area contributed by atoms with E-state index in [1.807, 2.05) is 0 Å². The van der Waals surface area contributed by atoms with Gasteiger partial charge in [-0.05, 0) is 0 Å². The highest BCUT2D eigenvalue weighted by atomic mass is 16.7. The van der Waals surface area contributed by atoms with Gasteiger partial charge in [-0.3, -0.25) is 14.4 Å². The summed E-state index contributed by atoms with van der Waals surface area (Å²) in [5, 5.41) is 0. The van der Waals surface area contributed by atoms with E-state index in [1.165, 1.54) is 20.8 Å². The summed E-state index contributed by atoms with van der Waals surface area (Å²) in [6.07, 6.45) is -3.50. The quantitative estimate of drug-likeness (QED) is 0.522. The molecule has 0 saturated carbocycles. The van der Waals surface area contributed by atoms with Crippen LogP contribution in [-0.2, 0) is 38.1 Å². The molecule has 0 aromatic carbocycles. The maximum atomic E-state index is 11.4. The van der Waals surface area contributed by atoms with Gasteiger partial charge in [0.05, 0.1) is 0 Å². The molecule has 9 nitrogen and oxygen atoms in total. The Balaban J connectivity index is 2.26. The fraction of sp³-hybridized carbons (Fsp3) is 0.714. The van der Waals surface area contributed by atoms with Crippen LogP contribution in [0.1, 0.15) is 27.7 Å². The molecule has 0 bridgehead atoms. The summed E-state index contributed by atoms with van der Waals surface area (Å²) in [5.74, 6) is -1.28. The normalized spacial score (nSPS) is 32.2. The molecule has 0 aromatic rings. The van der Waals surface area contributed by atoms with E-state index in [0.29, 0.717) is 5.90 Å². The Labute approximate surface area is 132 Å². The summed E-state index contributed by atoms with van der Waals surface area (Å²) >= 11 is 0. The number of nitrogens with zero attached hydrogens (tertiary/aromatic N) is 1. The van der Waals surface area contributed by atoms with Crippen LogP contribution in [0, 0.1) is 0 Å². The fourth-order valence-corrected chi connectivity index (χ4v) is 2.53. The van der Waals surface area contributed by atoms with E-state index in [9.17, 15) is 14.4 Å². The molecule has 0 N–H and O–H groups in total. The second-order valence-electron chi connectivity index (χ2n) is 5.25. The molecule has 1 fully saturated rings. The van der Waals surface area contributed by atoms with E-state index in [1.54, 1.807) is 6.92 Å². The van der Waals surface area contributed by atoms with Crippen LogP contribution in [-0.4, -0.2) is 61.1 Å². The number of esters is 3. The summed E-state index contributed by atoms with van der Waals surface area (Å²) in [5.41, 5.74) is 0. The van der Waals surface area contributed by atoms with Gasteiger partial charge in [0.25, 0.3) is 0 Å². The van der Waals surface area contributed by atoms with Crippen molar-refractivity contribution < 1.29 is 38.1 Å². The van der Waals surface area contributed by atoms with Crippen molar-refractivity contribution >= 4 is 23.8 Å². The Morgan fingerprint density at radius 2 is 1.65 bits per heavy atom. The van der Waals surface area contributed by atoms with Gasteiger partial charge in [0.1, 0.15) is 12.7 Å². The molecule has 0 aliphatic carbocycles. The van der Waals surface area contributed by atoms with Crippen LogP contribution >= 0.6 is 0 Å². The Morgan fingerprint density at radius 3 is 2.22 bits per heavy atom. The Morgan fingerprint density at radius 1 is 1.04 bits per heavy atom. The molecule has 2 rings (SSSR count). The highest BCUT2D eigenvalue weighted by molar-refractivity contribution is 5.75. The number of carbonyl (C=O) groups excluding carboxylic acids is 3. The number of hydrogen-bond acceptors (Lipinski definition) is 9. The average molecular weight is 329 g/mol. The fourth-order valence-electron chi connectivity index (χ4n) is 2.53. The second-order valence-corrected chi connectivity index (χ2v) is 5.25. The maximum absolute atomic E-state index is 11.4. The lowest BCUT2D eigenvalue weighted by Crippen LogP contribution is -2.60. The third-order valence-electron chi connectivity index (χ3n) is 3.29. The highest BCUT2D eigenvalue weighted by Gasteiger charge is 2.53. The van der Waals surface area contributed by atoms with Crippen LogP contribution in [0.4, 0.5) is 0 Å². The van der Waals surface area contributed by atoms with Crippen LogP contribution in [0.3, 0.4) is 0 Å². The molecule has 23 heavy (non-hydrogen) atoms. The van der Waals surface area contributed by atoms with Crippen LogP contribution in [0.15, 0.2) is 4.99 Å². The smallest absolute Gasteiger partial charge is 0.303 e. The van der Waals surface area contributed by atoms with Crippen molar-refractivity contribution in [3.63, 3.8) is 0 Å². The van der Waals surface area contributed by atoms with E-state index >= 15 is 0 Å². The minimum atomic E-state index is -0.963. The van der Waals surface area contributed by atoms with Crippen LogP contribution in [0.2, 0.25) is 0 Å². The van der Waals surface area contributed by atoms with E-state index in [-0.39, 0.29) is 6.61 Å². The highest BCUT2D eigenvalue weighted by Crippen LogP contribution is 2.32. The van der Waals surface area contributed by atoms with Crippen LogP contribution < -0.4 is 0 Å². The lowest BCUT2D eigenvalue weighted by Gasteiger charge is -2.40. The number of rotatable bonds is 4. The maximum Gasteiger partial charge on any atom is 0.303 e. The van der Waals surface area contributed by atoms with E-state index in [4.69, 9.17) is 23.7 Å². The summed E-state index contributed by atoms with van der Waals surface area (Å²) in [6.45, 7) is 5.17. The van der Waals surface area contributed by atoms with Crippen molar-refractivity contribution in [2.45, 2.75) is 58.3 Å². The molecule has 0 amide bonds. The molecule has 128 valence electrons. The molecule has 2 heterocycles. The number of carbonyl (C=O) groups is 3. The summed E-state index contributed by atoms with van der Waals surface area (Å²) in [7, 11) is 0. The lowest BCUT2D eigenvalue weighted by molar-refractivity contribution is -0.249. The first-order valence-electron chi connectivity index (χ1n) is 7.12. The van der Waals surface area contributed by atoms with Gasteiger partial charge < -0.3 is 23.7 Å². The molecule has 1 saturated heterocycles. The standard InChI is InChI=1S/C14H19NO8/c1-6-15-11-13(22-9(4)18)12(21-8(3)17)10(5-19-7(2)16)23-14(11)20-6/h10-14H,5H2,1-4H3/t10-,11-,12-,13-,14?/m1/s1. The number of aliphatic imine (C=N–C) groups is 1. The third kappa shape index (κ3) is 4.19. The molecule has 0 aromatic heterocycles. The molecule has 0 spiro atoms. The summed E-state index contributed by atoms with van der Waals surface area (Å²) in [6, 6.07) is -0.656. The van der Waals surface area contributed by atoms with Gasteiger partial charge in [-0.15, -0.1) is 0 Å². The largest absolute Gasteiger partial charge is 0.463 e. The zero-order valence-corrected chi connectivity index (χ0v) is 13.3. The SMILES string of the molecule is CC(=O)OC[C@H]1OC2OC(C)=N[C@@H]2[C@@H](OC(C)=O)[C@@H]1OC(C)=O. The van der Waals surface area contributed by atoms with Crippen molar-refractivity contribution in [1.29, 1.82) is 0 Å². The molecular weight excluding hydrogens is 310 g/mol. The number of ether oxygens (including phenoxy) is 5. The Hall–Kier alpha value is -2.16. The zero-order valence-electron chi connectivity index (χ0n) is 13.3. The van der Waals surface area contributed by atoms with E-state index in [0.717, 1.165) is 0 Å². The van der Waals surface area contributed by atoms with Crippen molar-refractivity contribution in [3.05, 3.63) is 0 Å². The van der Waals surface area contributed by atoms with Crippen LogP contribution in [0.5, 0.6) is 0 Å². The predicted molar refractivity (Wildman–Crippen MR) is 74.4 cm³/mol. The van der Waals surface area contributed by atoms with Gasteiger partial charge in [0, 0.05) is 27.7 Å². The van der Waals surface area contributed by atoms with Crippen molar-refractivity contribution in [2.75, 3.05) is 6.61 Å². The van der Waals surface area contributed by atoms with Crippen molar-refractivity contribution in [2.24, 2.45) is 4.99 Å². The Bertz CT molecular complexity index is 531. The molecule has 2 aliphatic heterocycles.